The van der Waals surface area contributed by atoms with Gasteiger partial charge in [-0.15, -0.1) is 0 Å². The van der Waals surface area contributed by atoms with Gasteiger partial charge in [-0.05, 0) is 42.8 Å². The highest BCUT2D eigenvalue weighted by Crippen LogP contribution is 2.19. The van der Waals surface area contributed by atoms with Crippen molar-refractivity contribution >= 4 is 11.7 Å². The van der Waals surface area contributed by atoms with Gasteiger partial charge in [0.05, 0.1) is 13.2 Å². The number of amides is 2. The maximum atomic E-state index is 13.0. The van der Waals surface area contributed by atoms with Crippen molar-refractivity contribution < 1.29 is 13.9 Å². The molecule has 0 spiro atoms. The van der Waals surface area contributed by atoms with E-state index in [0.717, 1.165) is 11.3 Å². The van der Waals surface area contributed by atoms with E-state index < -0.39 is 11.8 Å². The molecule has 1 atom stereocenters. The Kier molecular flexibility index (Phi) is 4.77. The number of carbonyl (C=O) groups is 1. The number of ether oxygens (including phenoxy) is 1. The first-order valence-corrected chi connectivity index (χ1v) is 6.55. The second kappa shape index (κ2) is 6.74. The molecule has 0 heterocycles. The Morgan fingerprint density at radius 1 is 1.19 bits per heavy atom. The Morgan fingerprint density at radius 2 is 1.95 bits per heavy atom. The third-order valence-electron chi connectivity index (χ3n) is 3.02. The number of anilines is 1. The van der Waals surface area contributed by atoms with Crippen LogP contribution in [0.15, 0.2) is 48.5 Å². The number of urea groups is 1. The molecule has 1 unspecified atom stereocenters. The zero-order chi connectivity index (χ0) is 15.2. The molecule has 0 radical (unpaired) electrons. The molecule has 5 heteroatoms. The summed E-state index contributed by atoms with van der Waals surface area (Å²) in [5.41, 5.74) is 1.33. The molecule has 2 rings (SSSR count). The molecule has 0 aliphatic heterocycles. The largest absolute Gasteiger partial charge is 0.497 e. The lowest BCUT2D eigenvalue weighted by Gasteiger charge is -2.15. The molecule has 0 saturated heterocycles. The molecular formula is C16H17FN2O2. The van der Waals surface area contributed by atoms with Crippen LogP contribution in [0.1, 0.15) is 18.5 Å². The summed E-state index contributed by atoms with van der Waals surface area (Å²) in [5, 5.41) is 5.38. The van der Waals surface area contributed by atoms with E-state index in [1.807, 2.05) is 31.2 Å². The molecule has 21 heavy (non-hydrogen) atoms. The van der Waals surface area contributed by atoms with Crippen molar-refractivity contribution in [3.8, 4) is 5.75 Å². The first kappa shape index (κ1) is 14.8. The van der Waals surface area contributed by atoms with Gasteiger partial charge in [-0.25, -0.2) is 9.18 Å². The van der Waals surface area contributed by atoms with Gasteiger partial charge in [-0.3, -0.25) is 0 Å². The van der Waals surface area contributed by atoms with Gasteiger partial charge in [0.25, 0.3) is 0 Å². The highest BCUT2D eigenvalue weighted by atomic mass is 19.1. The SMILES string of the molecule is COc1cccc(C(C)NC(=O)Nc2cccc(F)c2)c1. The summed E-state index contributed by atoms with van der Waals surface area (Å²) in [6.45, 7) is 1.86. The predicted octanol–water partition coefficient (Wildman–Crippen LogP) is 3.72. The molecular weight excluding hydrogens is 271 g/mol. The topological polar surface area (TPSA) is 50.4 Å². The van der Waals surface area contributed by atoms with Crippen LogP contribution in [0.2, 0.25) is 0 Å². The van der Waals surface area contributed by atoms with Gasteiger partial charge < -0.3 is 15.4 Å². The minimum absolute atomic E-state index is 0.200. The zero-order valence-corrected chi connectivity index (χ0v) is 11.9. The van der Waals surface area contributed by atoms with Crippen molar-refractivity contribution in [1.82, 2.24) is 5.32 Å². The number of nitrogens with one attached hydrogen (secondary N) is 2. The fourth-order valence-corrected chi connectivity index (χ4v) is 1.92. The van der Waals surface area contributed by atoms with Crippen molar-refractivity contribution in [2.24, 2.45) is 0 Å². The Bertz CT molecular complexity index is 631. The number of carbonyl (C=O) groups excluding carboxylic acids is 1. The van der Waals surface area contributed by atoms with Crippen LogP contribution in [0.25, 0.3) is 0 Å². The fourth-order valence-electron chi connectivity index (χ4n) is 1.92. The van der Waals surface area contributed by atoms with Crippen LogP contribution < -0.4 is 15.4 Å². The number of benzene rings is 2. The summed E-state index contributed by atoms with van der Waals surface area (Å²) in [5.74, 6) is 0.334. The number of hydrogen-bond acceptors (Lipinski definition) is 2. The normalized spacial score (nSPS) is 11.6. The molecule has 0 aliphatic rings. The van der Waals surface area contributed by atoms with Gasteiger partial charge in [0.15, 0.2) is 0 Å². The highest BCUT2D eigenvalue weighted by molar-refractivity contribution is 5.89. The summed E-state index contributed by atoms with van der Waals surface area (Å²) in [6.07, 6.45) is 0. The quantitative estimate of drug-likeness (QED) is 0.901. The minimum atomic E-state index is -0.395. The molecule has 4 nitrogen and oxygen atoms in total. The van der Waals surface area contributed by atoms with E-state index in [4.69, 9.17) is 4.74 Å². The van der Waals surface area contributed by atoms with E-state index in [1.165, 1.54) is 18.2 Å². The molecule has 0 bridgehead atoms. The van der Waals surface area contributed by atoms with E-state index in [0.29, 0.717) is 5.69 Å². The van der Waals surface area contributed by atoms with Crippen LogP contribution in [0.3, 0.4) is 0 Å². The minimum Gasteiger partial charge on any atom is -0.497 e. The average molecular weight is 288 g/mol. The smallest absolute Gasteiger partial charge is 0.319 e. The van der Waals surface area contributed by atoms with E-state index in [1.54, 1.807) is 13.2 Å². The Morgan fingerprint density at radius 3 is 2.67 bits per heavy atom. The standard InChI is InChI=1S/C16H17FN2O2/c1-11(12-5-3-8-15(9-12)21-2)18-16(20)19-14-7-4-6-13(17)10-14/h3-11H,1-2H3,(H2,18,19,20). The lowest BCUT2D eigenvalue weighted by molar-refractivity contribution is 0.249. The van der Waals surface area contributed by atoms with Gasteiger partial charge >= 0.3 is 6.03 Å². The maximum Gasteiger partial charge on any atom is 0.319 e. The van der Waals surface area contributed by atoms with Crippen LogP contribution in [0.4, 0.5) is 14.9 Å². The Labute approximate surface area is 122 Å². The lowest BCUT2D eigenvalue weighted by Crippen LogP contribution is -2.31. The number of rotatable bonds is 4. The Balaban J connectivity index is 1.98. The summed E-state index contributed by atoms with van der Waals surface area (Å²) in [7, 11) is 1.59. The van der Waals surface area contributed by atoms with Gasteiger partial charge in [0.1, 0.15) is 11.6 Å². The average Bonchev–Trinajstić information content (AvgIpc) is 2.47. The van der Waals surface area contributed by atoms with Gasteiger partial charge in [0, 0.05) is 5.69 Å². The second-order valence-corrected chi connectivity index (χ2v) is 4.61. The Hall–Kier alpha value is -2.56. The van der Waals surface area contributed by atoms with Crippen LogP contribution in [-0.2, 0) is 0 Å². The monoisotopic (exact) mass is 288 g/mol. The van der Waals surface area contributed by atoms with Crippen LogP contribution >= 0.6 is 0 Å². The lowest BCUT2D eigenvalue weighted by atomic mass is 10.1. The van der Waals surface area contributed by atoms with Crippen LogP contribution in [-0.4, -0.2) is 13.1 Å². The molecule has 2 aromatic rings. The summed E-state index contributed by atoms with van der Waals surface area (Å²) in [4.78, 5) is 11.9. The zero-order valence-electron chi connectivity index (χ0n) is 11.9. The molecule has 0 saturated carbocycles. The van der Waals surface area contributed by atoms with Crippen molar-refractivity contribution in [2.45, 2.75) is 13.0 Å². The number of hydrogen-bond donors (Lipinski definition) is 2. The van der Waals surface area contributed by atoms with Crippen molar-refractivity contribution in [2.75, 3.05) is 12.4 Å². The van der Waals surface area contributed by atoms with Gasteiger partial charge in [-0.1, -0.05) is 18.2 Å². The molecule has 0 fully saturated rings. The number of halogens is 1. The first-order valence-electron chi connectivity index (χ1n) is 6.55. The first-order chi connectivity index (χ1) is 10.1. The molecule has 0 aromatic heterocycles. The van der Waals surface area contributed by atoms with Crippen molar-refractivity contribution in [3.05, 3.63) is 59.9 Å². The molecule has 0 aliphatic carbocycles. The second-order valence-electron chi connectivity index (χ2n) is 4.61. The van der Waals surface area contributed by atoms with E-state index in [9.17, 15) is 9.18 Å². The van der Waals surface area contributed by atoms with Crippen LogP contribution in [0, 0.1) is 5.82 Å². The van der Waals surface area contributed by atoms with Crippen molar-refractivity contribution in [1.29, 1.82) is 0 Å². The highest BCUT2D eigenvalue weighted by Gasteiger charge is 2.10. The molecule has 2 N–H and O–H groups in total. The van der Waals surface area contributed by atoms with Gasteiger partial charge in [0.2, 0.25) is 0 Å². The van der Waals surface area contributed by atoms with E-state index in [-0.39, 0.29) is 6.04 Å². The predicted molar refractivity (Wildman–Crippen MR) is 80.0 cm³/mol. The molecule has 2 aromatic carbocycles. The van der Waals surface area contributed by atoms with E-state index >= 15 is 0 Å². The molecule has 110 valence electrons. The van der Waals surface area contributed by atoms with E-state index in [2.05, 4.69) is 10.6 Å². The third kappa shape index (κ3) is 4.21. The maximum absolute atomic E-state index is 13.0. The third-order valence-corrected chi connectivity index (χ3v) is 3.02. The summed E-state index contributed by atoms with van der Waals surface area (Å²) < 4.78 is 18.2. The molecule has 2 amide bonds. The fraction of sp³-hybridized carbons (Fsp3) is 0.188. The van der Waals surface area contributed by atoms with Crippen molar-refractivity contribution in [3.63, 3.8) is 0 Å². The number of methoxy groups -OCH3 is 1. The summed E-state index contributed by atoms with van der Waals surface area (Å²) >= 11 is 0. The van der Waals surface area contributed by atoms with Crippen LogP contribution in [0.5, 0.6) is 5.75 Å². The van der Waals surface area contributed by atoms with Gasteiger partial charge in [-0.2, -0.15) is 0 Å². The summed E-state index contributed by atoms with van der Waals surface area (Å²) in [6, 6.07) is 12.6.